The van der Waals surface area contributed by atoms with E-state index in [4.69, 9.17) is 5.11 Å². The highest BCUT2D eigenvalue weighted by atomic mass is 16.3. The third-order valence-corrected chi connectivity index (χ3v) is 2.33. The van der Waals surface area contributed by atoms with Crippen LogP contribution in [0.5, 0.6) is 11.5 Å². The maximum absolute atomic E-state index is 11.6. The number of imide groups is 1. The van der Waals surface area contributed by atoms with Crippen LogP contribution in [0.15, 0.2) is 18.2 Å². The van der Waals surface area contributed by atoms with Crippen LogP contribution in [0.25, 0.3) is 0 Å². The molecule has 0 bridgehead atoms. The third kappa shape index (κ3) is 2.22. The maximum Gasteiger partial charge on any atom is 0.330 e. The number of carbonyl (C=O) groups excluding carboxylic acids is 2. The number of hydrogen-bond acceptors (Lipinski definition) is 4. The zero-order chi connectivity index (χ0) is 12.4. The fourth-order valence-corrected chi connectivity index (χ4v) is 1.46. The lowest BCUT2D eigenvalue weighted by Crippen LogP contribution is -2.37. The Morgan fingerprint density at radius 1 is 1.35 bits per heavy atom. The zero-order valence-corrected chi connectivity index (χ0v) is 8.80. The average molecular weight is 237 g/mol. The molecular formula is C10H11N3O4. The van der Waals surface area contributed by atoms with Gasteiger partial charge >= 0.3 is 12.1 Å². The van der Waals surface area contributed by atoms with E-state index in [-0.39, 0.29) is 11.5 Å². The summed E-state index contributed by atoms with van der Waals surface area (Å²) < 4.78 is 0. The number of rotatable bonds is 1. The first-order valence-electron chi connectivity index (χ1n) is 4.96. The van der Waals surface area contributed by atoms with Crippen molar-refractivity contribution in [1.82, 2.24) is 10.2 Å². The second kappa shape index (κ2) is 4.20. The molecular weight excluding hydrogens is 226 g/mol. The normalized spacial score (nSPS) is 14.6. The molecule has 4 amide bonds. The highest BCUT2D eigenvalue weighted by Crippen LogP contribution is 2.27. The molecule has 1 aromatic carbocycles. The first kappa shape index (κ1) is 11.1. The molecule has 0 aliphatic carbocycles. The maximum atomic E-state index is 11.6. The van der Waals surface area contributed by atoms with Crippen molar-refractivity contribution in [1.29, 1.82) is 0 Å². The van der Waals surface area contributed by atoms with Crippen LogP contribution < -0.4 is 10.6 Å². The van der Waals surface area contributed by atoms with Gasteiger partial charge in [-0.25, -0.2) is 14.5 Å². The monoisotopic (exact) mass is 237 g/mol. The molecule has 0 atom stereocenters. The smallest absolute Gasteiger partial charge is 0.330 e. The second-order valence-electron chi connectivity index (χ2n) is 3.52. The number of urea groups is 2. The van der Waals surface area contributed by atoms with E-state index in [0.29, 0.717) is 18.8 Å². The van der Waals surface area contributed by atoms with Gasteiger partial charge in [0.25, 0.3) is 0 Å². The molecule has 0 unspecified atom stereocenters. The summed E-state index contributed by atoms with van der Waals surface area (Å²) in [6.07, 6.45) is 0. The van der Waals surface area contributed by atoms with Gasteiger partial charge in [0.1, 0.15) is 0 Å². The second-order valence-corrected chi connectivity index (χ2v) is 3.52. The molecule has 2 rings (SSSR count). The van der Waals surface area contributed by atoms with Crippen LogP contribution in [-0.4, -0.2) is 40.3 Å². The van der Waals surface area contributed by atoms with Gasteiger partial charge < -0.3 is 20.8 Å². The molecule has 7 nitrogen and oxygen atoms in total. The zero-order valence-electron chi connectivity index (χ0n) is 8.80. The van der Waals surface area contributed by atoms with Crippen molar-refractivity contribution in [2.75, 3.05) is 18.4 Å². The number of phenols is 2. The number of carbonyl (C=O) groups is 2. The van der Waals surface area contributed by atoms with E-state index in [2.05, 4.69) is 10.6 Å². The Kier molecular flexibility index (Phi) is 2.73. The number of phenolic OH excluding ortho intramolecular Hbond substituents is 2. The van der Waals surface area contributed by atoms with Crippen LogP contribution >= 0.6 is 0 Å². The summed E-state index contributed by atoms with van der Waals surface area (Å²) in [5.74, 6) is -0.615. The van der Waals surface area contributed by atoms with Crippen LogP contribution in [0.3, 0.4) is 0 Å². The number of anilines is 1. The minimum absolute atomic E-state index is 0.276. The van der Waals surface area contributed by atoms with Crippen molar-refractivity contribution < 1.29 is 19.8 Å². The van der Waals surface area contributed by atoms with E-state index in [1.165, 1.54) is 18.2 Å². The molecule has 1 heterocycles. The Labute approximate surface area is 96.7 Å². The molecule has 17 heavy (non-hydrogen) atoms. The molecule has 1 aromatic rings. The summed E-state index contributed by atoms with van der Waals surface area (Å²) in [5, 5.41) is 23.3. The van der Waals surface area contributed by atoms with Crippen LogP contribution in [0.4, 0.5) is 15.3 Å². The molecule has 4 N–H and O–H groups in total. The summed E-state index contributed by atoms with van der Waals surface area (Å²) >= 11 is 0. The van der Waals surface area contributed by atoms with Crippen molar-refractivity contribution in [2.45, 2.75) is 0 Å². The minimum atomic E-state index is -0.579. The van der Waals surface area contributed by atoms with E-state index < -0.39 is 12.1 Å². The Morgan fingerprint density at radius 2 is 2.12 bits per heavy atom. The molecule has 1 aliphatic rings. The molecule has 1 aliphatic heterocycles. The largest absolute Gasteiger partial charge is 0.504 e. The predicted octanol–water partition coefficient (Wildman–Crippen LogP) is 0.655. The van der Waals surface area contributed by atoms with E-state index >= 15 is 0 Å². The number of nitrogens with one attached hydrogen (secondary N) is 2. The van der Waals surface area contributed by atoms with Gasteiger partial charge in [-0.05, 0) is 12.1 Å². The van der Waals surface area contributed by atoms with Crippen LogP contribution in [-0.2, 0) is 0 Å². The minimum Gasteiger partial charge on any atom is -0.504 e. The van der Waals surface area contributed by atoms with E-state index in [0.717, 1.165) is 4.90 Å². The summed E-state index contributed by atoms with van der Waals surface area (Å²) in [4.78, 5) is 23.8. The number of amides is 4. The highest BCUT2D eigenvalue weighted by molar-refractivity contribution is 6.01. The third-order valence-electron chi connectivity index (χ3n) is 2.33. The van der Waals surface area contributed by atoms with E-state index in [1.54, 1.807) is 0 Å². The Balaban J connectivity index is 2.07. The lowest BCUT2D eigenvalue weighted by Gasteiger charge is -2.13. The number of nitrogens with zero attached hydrogens (tertiary/aromatic N) is 1. The van der Waals surface area contributed by atoms with E-state index in [1.807, 2.05) is 0 Å². The average Bonchev–Trinajstić information content (AvgIpc) is 2.70. The topological polar surface area (TPSA) is 102 Å². The van der Waals surface area contributed by atoms with Crippen LogP contribution in [0.1, 0.15) is 0 Å². The SMILES string of the molecule is O=C1NCCN1C(=O)Nc1ccc(O)c(O)c1. The molecule has 1 fully saturated rings. The van der Waals surface area contributed by atoms with Gasteiger partial charge in [0, 0.05) is 24.8 Å². The molecule has 0 radical (unpaired) electrons. The fourth-order valence-electron chi connectivity index (χ4n) is 1.46. The van der Waals surface area contributed by atoms with Gasteiger partial charge in [-0.3, -0.25) is 0 Å². The molecule has 0 aromatic heterocycles. The molecule has 0 spiro atoms. The predicted molar refractivity (Wildman–Crippen MR) is 58.9 cm³/mol. The van der Waals surface area contributed by atoms with Crippen LogP contribution in [0.2, 0.25) is 0 Å². The van der Waals surface area contributed by atoms with Crippen molar-refractivity contribution in [2.24, 2.45) is 0 Å². The number of aromatic hydroxyl groups is 2. The fraction of sp³-hybridized carbons (Fsp3) is 0.200. The standard InChI is InChI=1S/C10H11N3O4/c14-7-2-1-6(5-8(7)15)12-10(17)13-4-3-11-9(13)16/h1-2,5,14-15H,3-4H2,(H,11,16)(H,12,17). The van der Waals surface area contributed by atoms with Crippen LogP contribution in [0, 0.1) is 0 Å². The van der Waals surface area contributed by atoms with Crippen molar-refractivity contribution in [3.63, 3.8) is 0 Å². The molecule has 1 saturated heterocycles. The molecule has 0 saturated carbocycles. The first-order valence-corrected chi connectivity index (χ1v) is 4.96. The van der Waals surface area contributed by atoms with Crippen molar-refractivity contribution >= 4 is 17.7 Å². The quantitative estimate of drug-likeness (QED) is 0.425. The lowest BCUT2D eigenvalue weighted by molar-refractivity contribution is 0.207. The van der Waals surface area contributed by atoms with Gasteiger partial charge in [0.2, 0.25) is 0 Å². The van der Waals surface area contributed by atoms with Gasteiger partial charge in [-0.1, -0.05) is 0 Å². The Morgan fingerprint density at radius 3 is 2.71 bits per heavy atom. The lowest BCUT2D eigenvalue weighted by atomic mass is 10.3. The summed E-state index contributed by atoms with van der Waals surface area (Å²) in [5.41, 5.74) is 0.296. The summed E-state index contributed by atoms with van der Waals surface area (Å²) in [6, 6.07) is 2.83. The van der Waals surface area contributed by atoms with Gasteiger partial charge in [-0.15, -0.1) is 0 Å². The van der Waals surface area contributed by atoms with E-state index in [9.17, 15) is 14.7 Å². The highest BCUT2D eigenvalue weighted by Gasteiger charge is 2.26. The Bertz CT molecular complexity index is 475. The van der Waals surface area contributed by atoms with Gasteiger partial charge in [-0.2, -0.15) is 0 Å². The molecule has 7 heteroatoms. The number of benzene rings is 1. The van der Waals surface area contributed by atoms with Crippen molar-refractivity contribution in [3.05, 3.63) is 18.2 Å². The summed E-state index contributed by atoms with van der Waals surface area (Å²) in [6.45, 7) is 0.724. The first-order chi connectivity index (χ1) is 8.08. The number of hydrogen-bond donors (Lipinski definition) is 4. The van der Waals surface area contributed by atoms with Crippen molar-refractivity contribution in [3.8, 4) is 11.5 Å². The summed E-state index contributed by atoms with van der Waals surface area (Å²) in [7, 11) is 0. The van der Waals surface area contributed by atoms with Gasteiger partial charge in [0.05, 0.1) is 0 Å². The Hall–Kier alpha value is -2.44. The molecule has 90 valence electrons. The van der Waals surface area contributed by atoms with Gasteiger partial charge in [0.15, 0.2) is 11.5 Å².